The normalized spacial score (nSPS) is 10.4. The first-order chi connectivity index (χ1) is 12.8. The van der Waals surface area contributed by atoms with E-state index < -0.39 is 0 Å². The summed E-state index contributed by atoms with van der Waals surface area (Å²) in [6.45, 7) is 0. The van der Waals surface area contributed by atoms with Crippen molar-refractivity contribution in [1.82, 2.24) is 0 Å². The molecule has 0 fully saturated rings. The molecule has 138 valence electrons. The van der Waals surface area contributed by atoms with Gasteiger partial charge < -0.3 is 38.8 Å². The molecule has 0 bridgehead atoms. The van der Waals surface area contributed by atoms with E-state index >= 15 is 0 Å². The van der Waals surface area contributed by atoms with Crippen molar-refractivity contribution in [2.75, 3.05) is 11.5 Å². The molecule has 3 aromatic rings. The van der Waals surface area contributed by atoms with E-state index in [1.54, 1.807) is 36.4 Å². The Morgan fingerprint density at radius 3 is 1.37 bits per heavy atom. The lowest BCUT2D eigenvalue weighted by Crippen LogP contribution is -2.21. The number of nitrogens with two attached hydrogens (primary N) is 6. The molecule has 0 saturated heterocycles. The summed E-state index contributed by atoms with van der Waals surface area (Å²) < 4.78 is 5.93. The lowest BCUT2D eigenvalue weighted by Gasteiger charge is -2.06. The Bertz CT molecular complexity index is 961. The number of hydrogen-bond donors (Lipinski definition) is 6. The van der Waals surface area contributed by atoms with E-state index in [2.05, 4.69) is 9.98 Å². The second kappa shape index (κ2) is 7.00. The molecule has 0 spiro atoms. The van der Waals surface area contributed by atoms with Crippen molar-refractivity contribution in [2.24, 2.45) is 32.9 Å². The zero-order valence-electron chi connectivity index (χ0n) is 14.4. The molecule has 0 radical (unpaired) electrons. The Morgan fingerprint density at radius 2 is 1.04 bits per heavy atom. The van der Waals surface area contributed by atoms with Crippen LogP contribution in [-0.4, -0.2) is 11.9 Å². The summed E-state index contributed by atoms with van der Waals surface area (Å²) in [7, 11) is 0. The molecule has 0 atom stereocenters. The van der Waals surface area contributed by atoms with Crippen molar-refractivity contribution in [1.29, 1.82) is 0 Å². The van der Waals surface area contributed by atoms with Gasteiger partial charge in [-0.3, -0.25) is 0 Å². The lowest BCUT2D eigenvalue weighted by atomic mass is 10.1. The number of benzene rings is 2. The zero-order valence-corrected chi connectivity index (χ0v) is 14.4. The van der Waals surface area contributed by atoms with E-state index in [9.17, 15) is 0 Å². The van der Waals surface area contributed by atoms with E-state index in [-0.39, 0.29) is 11.9 Å². The van der Waals surface area contributed by atoms with E-state index in [0.717, 1.165) is 0 Å². The van der Waals surface area contributed by atoms with Gasteiger partial charge in [0.2, 0.25) is 0 Å². The first kappa shape index (κ1) is 17.7. The molecule has 0 saturated carbocycles. The van der Waals surface area contributed by atoms with Gasteiger partial charge in [0.1, 0.15) is 11.5 Å². The second-order valence-electron chi connectivity index (χ2n) is 5.78. The molecule has 0 aliphatic rings. The average molecular weight is 364 g/mol. The highest BCUT2D eigenvalue weighted by Crippen LogP contribution is 2.36. The van der Waals surface area contributed by atoms with Crippen LogP contribution in [0.1, 0.15) is 0 Å². The van der Waals surface area contributed by atoms with Crippen molar-refractivity contribution in [2.45, 2.75) is 0 Å². The van der Waals surface area contributed by atoms with Gasteiger partial charge in [0, 0.05) is 22.5 Å². The number of anilines is 2. The zero-order chi connectivity index (χ0) is 19.6. The van der Waals surface area contributed by atoms with Gasteiger partial charge in [0.15, 0.2) is 11.9 Å². The summed E-state index contributed by atoms with van der Waals surface area (Å²) in [6.07, 6.45) is 0. The molecular weight excluding hydrogens is 344 g/mol. The molecule has 3 rings (SSSR count). The van der Waals surface area contributed by atoms with Crippen LogP contribution in [0.15, 0.2) is 62.9 Å². The van der Waals surface area contributed by atoms with Gasteiger partial charge in [-0.15, -0.1) is 0 Å². The van der Waals surface area contributed by atoms with Crippen LogP contribution < -0.4 is 34.4 Å². The second-order valence-corrected chi connectivity index (χ2v) is 5.78. The number of guanidine groups is 2. The van der Waals surface area contributed by atoms with Crippen molar-refractivity contribution < 1.29 is 4.42 Å². The SMILES string of the molecule is NC(N)=Nc1ccc(-c2ccc(-c3ccc(N=C(N)N)cc3N)o2)c(N)c1. The largest absolute Gasteiger partial charge is 0.456 e. The number of nitrogen functional groups attached to an aromatic ring is 2. The molecule has 0 amide bonds. The third kappa shape index (κ3) is 3.93. The minimum Gasteiger partial charge on any atom is -0.456 e. The standard InChI is InChI=1S/C18H20N8O/c19-13-7-9(25-17(21)22)1-3-11(13)15-5-6-16(27-15)12-4-2-10(8-14(12)20)26-18(23)24/h1-8H,19-20H2,(H4,21,22,25)(H4,23,24,26). The van der Waals surface area contributed by atoms with E-state index in [1.807, 2.05) is 12.1 Å². The molecule has 1 aromatic heterocycles. The maximum Gasteiger partial charge on any atom is 0.191 e. The highest BCUT2D eigenvalue weighted by atomic mass is 16.3. The van der Waals surface area contributed by atoms with Crippen molar-refractivity contribution >= 4 is 34.7 Å². The molecule has 0 aliphatic heterocycles. The van der Waals surface area contributed by atoms with Crippen LogP contribution >= 0.6 is 0 Å². The van der Waals surface area contributed by atoms with Gasteiger partial charge in [0.05, 0.1) is 11.4 Å². The topological polar surface area (TPSA) is 194 Å². The first-order valence-electron chi connectivity index (χ1n) is 7.92. The summed E-state index contributed by atoms with van der Waals surface area (Å²) in [4.78, 5) is 7.93. The predicted octanol–water partition coefficient (Wildman–Crippen LogP) is 1.59. The highest BCUT2D eigenvalue weighted by molar-refractivity contribution is 5.84. The fraction of sp³-hybridized carbons (Fsp3) is 0. The maximum atomic E-state index is 6.10. The smallest absolute Gasteiger partial charge is 0.191 e. The molecule has 9 heteroatoms. The van der Waals surface area contributed by atoms with Crippen LogP contribution in [0.5, 0.6) is 0 Å². The Morgan fingerprint density at radius 1 is 0.630 bits per heavy atom. The van der Waals surface area contributed by atoms with E-state index in [0.29, 0.717) is 45.4 Å². The van der Waals surface area contributed by atoms with Crippen LogP contribution in [0.2, 0.25) is 0 Å². The monoisotopic (exact) mass is 364 g/mol. The van der Waals surface area contributed by atoms with Crippen LogP contribution in [0.4, 0.5) is 22.7 Å². The van der Waals surface area contributed by atoms with Gasteiger partial charge in [-0.05, 0) is 48.5 Å². The predicted molar refractivity (Wildman–Crippen MR) is 109 cm³/mol. The van der Waals surface area contributed by atoms with Gasteiger partial charge in [0.25, 0.3) is 0 Å². The van der Waals surface area contributed by atoms with Gasteiger partial charge in [-0.2, -0.15) is 0 Å². The minimum atomic E-state index is -0.0397. The molecule has 0 unspecified atom stereocenters. The fourth-order valence-electron chi connectivity index (χ4n) is 2.61. The van der Waals surface area contributed by atoms with Crippen molar-refractivity contribution in [3.63, 3.8) is 0 Å². The lowest BCUT2D eigenvalue weighted by molar-refractivity contribution is 0.598. The molecular formula is C18H20N8O. The summed E-state index contributed by atoms with van der Waals surface area (Å²) >= 11 is 0. The van der Waals surface area contributed by atoms with Gasteiger partial charge in [-0.1, -0.05) is 0 Å². The van der Waals surface area contributed by atoms with Crippen molar-refractivity contribution in [3.8, 4) is 22.6 Å². The summed E-state index contributed by atoms with van der Waals surface area (Å²) in [5.74, 6) is 1.10. The number of nitrogens with zero attached hydrogens (tertiary/aromatic N) is 2. The number of aliphatic imine (C=N–C) groups is 2. The van der Waals surface area contributed by atoms with E-state index in [4.69, 9.17) is 38.8 Å². The fourth-order valence-corrected chi connectivity index (χ4v) is 2.61. The molecule has 0 aliphatic carbocycles. The van der Waals surface area contributed by atoms with Crippen LogP contribution in [-0.2, 0) is 0 Å². The Labute approximate surface area is 155 Å². The number of furan rings is 1. The third-order valence-corrected chi connectivity index (χ3v) is 3.72. The Kier molecular flexibility index (Phi) is 4.58. The minimum absolute atomic E-state index is 0.0397. The van der Waals surface area contributed by atoms with Gasteiger partial charge >= 0.3 is 0 Å². The maximum absolute atomic E-state index is 6.10. The molecule has 27 heavy (non-hydrogen) atoms. The van der Waals surface area contributed by atoms with Crippen LogP contribution in [0.25, 0.3) is 22.6 Å². The molecule has 1 heterocycles. The molecule has 9 nitrogen and oxygen atoms in total. The average Bonchev–Trinajstić information content (AvgIpc) is 3.03. The quantitative estimate of drug-likeness (QED) is 0.229. The summed E-state index contributed by atoms with van der Waals surface area (Å²) in [6, 6.07) is 14.0. The third-order valence-electron chi connectivity index (χ3n) is 3.72. The van der Waals surface area contributed by atoms with Crippen LogP contribution in [0.3, 0.4) is 0 Å². The summed E-state index contributed by atoms with van der Waals surface area (Å²) in [5.41, 5.74) is 37.2. The number of rotatable bonds is 4. The number of hydrogen-bond acceptors (Lipinski definition) is 5. The summed E-state index contributed by atoms with van der Waals surface area (Å²) in [5, 5.41) is 0. The first-order valence-corrected chi connectivity index (χ1v) is 7.92. The van der Waals surface area contributed by atoms with Crippen molar-refractivity contribution in [3.05, 3.63) is 48.5 Å². The van der Waals surface area contributed by atoms with Gasteiger partial charge in [-0.25, -0.2) is 9.98 Å². The molecule has 12 N–H and O–H groups in total. The Hall–Kier alpha value is -4.14. The van der Waals surface area contributed by atoms with E-state index in [1.165, 1.54) is 0 Å². The molecule has 2 aromatic carbocycles. The van der Waals surface area contributed by atoms with Crippen LogP contribution in [0, 0.1) is 0 Å². The highest BCUT2D eigenvalue weighted by Gasteiger charge is 2.12. The Balaban J connectivity index is 1.94.